The Morgan fingerprint density at radius 3 is 2.27 bits per heavy atom. The standard InChI is InChI=1S/C17H21ClN4/c1-13(2)21-8-10-22(11-9-21)16-12-15(18)17(20-19-16)14-6-4-3-5-7-14/h3-7,12-13H,8-11H2,1-2H3. The van der Waals surface area contributed by atoms with E-state index in [0.29, 0.717) is 11.1 Å². The Hall–Kier alpha value is -1.65. The first-order valence-corrected chi connectivity index (χ1v) is 8.10. The van der Waals surface area contributed by atoms with Crippen molar-refractivity contribution in [2.45, 2.75) is 19.9 Å². The van der Waals surface area contributed by atoms with Crippen LogP contribution in [0.2, 0.25) is 5.02 Å². The van der Waals surface area contributed by atoms with E-state index >= 15 is 0 Å². The van der Waals surface area contributed by atoms with Crippen molar-refractivity contribution in [1.29, 1.82) is 0 Å². The Kier molecular flexibility index (Phi) is 4.60. The lowest BCUT2D eigenvalue weighted by Crippen LogP contribution is -2.49. The van der Waals surface area contributed by atoms with Gasteiger partial charge >= 0.3 is 0 Å². The van der Waals surface area contributed by atoms with Gasteiger partial charge in [0.1, 0.15) is 5.69 Å². The molecule has 2 heterocycles. The summed E-state index contributed by atoms with van der Waals surface area (Å²) < 4.78 is 0. The maximum atomic E-state index is 6.42. The molecule has 1 aliphatic rings. The van der Waals surface area contributed by atoms with Gasteiger partial charge in [-0.05, 0) is 13.8 Å². The van der Waals surface area contributed by atoms with Crippen LogP contribution in [0.15, 0.2) is 36.4 Å². The number of hydrogen-bond acceptors (Lipinski definition) is 4. The molecular formula is C17H21ClN4. The molecule has 1 saturated heterocycles. The molecule has 5 heteroatoms. The molecule has 0 atom stereocenters. The van der Waals surface area contributed by atoms with E-state index in [4.69, 9.17) is 11.6 Å². The zero-order chi connectivity index (χ0) is 15.5. The van der Waals surface area contributed by atoms with Crippen LogP contribution in [0.1, 0.15) is 13.8 Å². The van der Waals surface area contributed by atoms with Gasteiger partial charge < -0.3 is 4.90 Å². The number of piperazine rings is 1. The predicted molar refractivity (Wildman–Crippen MR) is 91.4 cm³/mol. The van der Waals surface area contributed by atoms with Gasteiger partial charge in [-0.15, -0.1) is 10.2 Å². The molecule has 4 nitrogen and oxygen atoms in total. The second-order valence-corrected chi connectivity index (χ2v) is 6.29. The molecular weight excluding hydrogens is 296 g/mol. The van der Waals surface area contributed by atoms with Crippen LogP contribution < -0.4 is 4.90 Å². The lowest BCUT2D eigenvalue weighted by molar-refractivity contribution is 0.209. The fraction of sp³-hybridized carbons (Fsp3) is 0.412. The minimum atomic E-state index is 0.595. The first kappa shape index (κ1) is 15.3. The van der Waals surface area contributed by atoms with Gasteiger partial charge in [0.25, 0.3) is 0 Å². The van der Waals surface area contributed by atoms with Crippen molar-refractivity contribution < 1.29 is 0 Å². The summed E-state index contributed by atoms with van der Waals surface area (Å²) in [5.74, 6) is 0.869. The first-order chi connectivity index (χ1) is 10.6. The van der Waals surface area contributed by atoms with Gasteiger partial charge in [0.15, 0.2) is 5.82 Å². The highest BCUT2D eigenvalue weighted by Gasteiger charge is 2.20. The Labute approximate surface area is 136 Å². The second kappa shape index (κ2) is 6.63. The van der Waals surface area contributed by atoms with Gasteiger partial charge in [-0.25, -0.2) is 0 Å². The second-order valence-electron chi connectivity index (χ2n) is 5.88. The summed E-state index contributed by atoms with van der Waals surface area (Å²) in [5, 5.41) is 9.38. The molecule has 1 aromatic heterocycles. The molecule has 0 unspecified atom stereocenters. The molecule has 0 aliphatic carbocycles. The molecule has 0 N–H and O–H groups in total. The predicted octanol–water partition coefficient (Wildman–Crippen LogP) is 3.33. The fourth-order valence-electron chi connectivity index (χ4n) is 2.77. The zero-order valence-electron chi connectivity index (χ0n) is 13.0. The van der Waals surface area contributed by atoms with E-state index in [2.05, 4.69) is 33.8 Å². The summed E-state index contributed by atoms with van der Waals surface area (Å²) >= 11 is 6.42. The number of hydrogen-bond donors (Lipinski definition) is 0. The summed E-state index contributed by atoms with van der Waals surface area (Å²) in [7, 11) is 0. The molecule has 0 amide bonds. The Morgan fingerprint density at radius 1 is 1.00 bits per heavy atom. The molecule has 1 fully saturated rings. The van der Waals surface area contributed by atoms with Crippen molar-refractivity contribution in [1.82, 2.24) is 15.1 Å². The molecule has 0 radical (unpaired) electrons. The molecule has 0 saturated carbocycles. The van der Waals surface area contributed by atoms with E-state index in [1.807, 2.05) is 36.4 Å². The number of halogens is 1. The number of nitrogens with zero attached hydrogens (tertiary/aromatic N) is 4. The van der Waals surface area contributed by atoms with Gasteiger partial charge in [0.05, 0.1) is 5.02 Å². The zero-order valence-corrected chi connectivity index (χ0v) is 13.8. The Bertz CT molecular complexity index is 622. The summed E-state index contributed by atoms with van der Waals surface area (Å²) in [4.78, 5) is 4.73. The van der Waals surface area contributed by atoms with Crippen molar-refractivity contribution in [3.05, 3.63) is 41.4 Å². The average molecular weight is 317 g/mol. The van der Waals surface area contributed by atoms with Crippen molar-refractivity contribution in [2.24, 2.45) is 0 Å². The van der Waals surface area contributed by atoms with Crippen LogP contribution in [0.3, 0.4) is 0 Å². The largest absolute Gasteiger partial charge is 0.353 e. The monoisotopic (exact) mass is 316 g/mol. The van der Waals surface area contributed by atoms with Crippen LogP contribution in [0.25, 0.3) is 11.3 Å². The van der Waals surface area contributed by atoms with E-state index in [1.165, 1.54) is 0 Å². The average Bonchev–Trinajstić information content (AvgIpc) is 2.55. The lowest BCUT2D eigenvalue weighted by Gasteiger charge is -2.37. The minimum Gasteiger partial charge on any atom is -0.353 e. The van der Waals surface area contributed by atoms with Crippen molar-refractivity contribution in [3.8, 4) is 11.3 Å². The highest BCUT2D eigenvalue weighted by Crippen LogP contribution is 2.27. The van der Waals surface area contributed by atoms with E-state index in [9.17, 15) is 0 Å². The maximum absolute atomic E-state index is 6.42. The maximum Gasteiger partial charge on any atom is 0.152 e. The minimum absolute atomic E-state index is 0.595. The van der Waals surface area contributed by atoms with E-state index < -0.39 is 0 Å². The van der Waals surface area contributed by atoms with Gasteiger partial charge in [-0.2, -0.15) is 0 Å². The summed E-state index contributed by atoms with van der Waals surface area (Å²) in [6.07, 6.45) is 0. The normalized spacial score (nSPS) is 16.3. The molecule has 0 bridgehead atoms. The molecule has 1 aliphatic heterocycles. The number of rotatable bonds is 3. The SMILES string of the molecule is CC(C)N1CCN(c2cc(Cl)c(-c3ccccc3)nn2)CC1. The van der Waals surface area contributed by atoms with Gasteiger partial charge in [-0.1, -0.05) is 41.9 Å². The number of aromatic nitrogens is 2. The number of benzene rings is 1. The Balaban J connectivity index is 1.76. The quantitative estimate of drug-likeness (QED) is 0.869. The van der Waals surface area contributed by atoms with Crippen LogP contribution in [0, 0.1) is 0 Å². The summed E-state index contributed by atoms with van der Waals surface area (Å²) in [6.45, 7) is 8.51. The first-order valence-electron chi connectivity index (χ1n) is 7.73. The van der Waals surface area contributed by atoms with E-state index in [1.54, 1.807) is 0 Å². The third-order valence-corrected chi connectivity index (χ3v) is 4.44. The summed E-state index contributed by atoms with van der Waals surface area (Å²) in [6, 6.07) is 12.5. The topological polar surface area (TPSA) is 32.3 Å². The van der Waals surface area contributed by atoms with E-state index in [0.717, 1.165) is 43.3 Å². The Morgan fingerprint density at radius 2 is 1.68 bits per heavy atom. The van der Waals surface area contributed by atoms with Gasteiger partial charge in [0, 0.05) is 43.9 Å². The van der Waals surface area contributed by atoms with Crippen LogP contribution in [0.5, 0.6) is 0 Å². The molecule has 116 valence electrons. The van der Waals surface area contributed by atoms with Crippen LogP contribution in [0.4, 0.5) is 5.82 Å². The van der Waals surface area contributed by atoms with Crippen molar-refractivity contribution >= 4 is 17.4 Å². The van der Waals surface area contributed by atoms with Crippen molar-refractivity contribution in [3.63, 3.8) is 0 Å². The van der Waals surface area contributed by atoms with Crippen LogP contribution >= 0.6 is 11.6 Å². The van der Waals surface area contributed by atoms with Crippen LogP contribution in [-0.2, 0) is 0 Å². The smallest absolute Gasteiger partial charge is 0.152 e. The van der Waals surface area contributed by atoms with Crippen LogP contribution in [-0.4, -0.2) is 47.3 Å². The third kappa shape index (κ3) is 3.23. The van der Waals surface area contributed by atoms with Gasteiger partial charge in [-0.3, -0.25) is 4.90 Å². The van der Waals surface area contributed by atoms with E-state index in [-0.39, 0.29) is 0 Å². The highest BCUT2D eigenvalue weighted by atomic mass is 35.5. The fourth-order valence-corrected chi connectivity index (χ4v) is 3.02. The van der Waals surface area contributed by atoms with Gasteiger partial charge in [0.2, 0.25) is 0 Å². The molecule has 3 rings (SSSR count). The molecule has 1 aromatic carbocycles. The summed E-state index contributed by atoms with van der Waals surface area (Å²) in [5.41, 5.74) is 1.74. The molecule has 0 spiro atoms. The third-order valence-electron chi connectivity index (χ3n) is 4.15. The van der Waals surface area contributed by atoms with Crippen molar-refractivity contribution in [2.75, 3.05) is 31.1 Å². The highest BCUT2D eigenvalue weighted by molar-refractivity contribution is 6.33. The molecule has 2 aromatic rings. The lowest BCUT2D eigenvalue weighted by atomic mass is 10.1. The molecule has 22 heavy (non-hydrogen) atoms. The number of anilines is 1.